The minimum Gasteiger partial charge on any atom is -0.283 e. The van der Waals surface area contributed by atoms with Gasteiger partial charge in [-0.1, -0.05) is 32.9 Å². The number of hydrogen-bond donors (Lipinski definition) is 0. The van der Waals surface area contributed by atoms with Gasteiger partial charge in [-0.25, -0.2) is 4.39 Å². The normalized spacial score (nSPS) is 11.9. The molecule has 0 aliphatic rings. The molecular weight excluding hydrogens is 241 g/mol. The molecule has 0 heterocycles. The van der Waals surface area contributed by atoms with Gasteiger partial charge >= 0.3 is 0 Å². The topological polar surface area (TPSA) is 12.4 Å². The molecule has 0 N–H and O–H groups in total. The summed E-state index contributed by atoms with van der Waals surface area (Å²) in [6.07, 6.45) is 0. The first-order valence-corrected chi connectivity index (χ1v) is 9.15. The first kappa shape index (κ1) is 14.9. The largest absolute Gasteiger partial charge is 0.283 e. The Bertz CT molecular complexity index is 474. The summed E-state index contributed by atoms with van der Waals surface area (Å²) in [5.41, 5.74) is 1.93. The van der Waals surface area contributed by atoms with Crippen LogP contribution in [0.3, 0.4) is 0 Å². The number of benzene rings is 1. The van der Waals surface area contributed by atoms with Crippen molar-refractivity contribution in [2.75, 3.05) is 0 Å². The standard InChI is InChI=1S/C15H22FNSi/c1-12(13-7-9-14(16)10-8-13)11-17-18(5,6)15(2,3)4/h7-10H,1-6H3. The van der Waals surface area contributed by atoms with Crippen molar-refractivity contribution in [2.24, 2.45) is 4.66 Å². The summed E-state index contributed by atoms with van der Waals surface area (Å²) in [4.78, 5) is 0. The number of rotatable bonds is 2. The van der Waals surface area contributed by atoms with Crippen LogP contribution in [-0.4, -0.2) is 14.1 Å². The van der Waals surface area contributed by atoms with Gasteiger partial charge in [0.05, 0.1) is 0 Å². The zero-order valence-corrected chi connectivity index (χ0v) is 13.1. The van der Waals surface area contributed by atoms with Crippen molar-refractivity contribution in [3.8, 4) is 0 Å². The third-order valence-electron chi connectivity index (χ3n) is 3.62. The van der Waals surface area contributed by atoms with Crippen molar-refractivity contribution in [3.05, 3.63) is 35.6 Å². The lowest BCUT2D eigenvalue weighted by Gasteiger charge is -2.31. The molecule has 0 spiro atoms. The van der Waals surface area contributed by atoms with Gasteiger partial charge in [0.2, 0.25) is 0 Å². The van der Waals surface area contributed by atoms with Gasteiger partial charge < -0.3 is 0 Å². The van der Waals surface area contributed by atoms with E-state index in [9.17, 15) is 4.39 Å². The lowest BCUT2D eigenvalue weighted by molar-refractivity contribution is 0.627. The van der Waals surface area contributed by atoms with Crippen LogP contribution in [0, 0.1) is 5.82 Å². The fourth-order valence-electron chi connectivity index (χ4n) is 1.16. The molecule has 0 saturated carbocycles. The number of halogens is 1. The third-order valence-corrected chi connectivity index (χ3v) is 7.96. The molecule has 3 heteroatoms. The van der Waals surface area contributed by atoms with E-state index in [2.05, 4.69) is 44.4 Å². The van der Waals surface area contributed by atoms with E-state index < -0.39 is 8.24 Å². The van der Waals surface area contributed by atoms with Crippen LogP contribution in [0.1, 0.15) is 33.3 Å². The highest BCUT2D eigenvalue weighted by Crippen LogP contribution is 2.36. The molecule has 0 aromatic heterocycles. The SMILES string of the molecule is CC(=C=N[Si](C)(C)C(C)(C)C)c1ccc(F)cc1. The van der Waals surface area contributed by atoms with Gasteiger partial charge in [0, 0.05) is 5.57 Å². The van der Waals surface area contributed by atoms with Crippen molar-refractivity contribution >= 4 is 19.7 Å². The monoisotopic (exact) mass is 263 g/mol. The quantitative estimate of drug-likeness (QED) is 0.531. The molecule has 0 aliphatic carbocycles. The van der Waals surface area contributed by atoms with Crippen LogP contribution >= 0.6 is 0 Å². The molecular formula is C15H22FNSi. The molecule has 1 nitrogen and oxygen atoms in total. The Kier molecular flexibility index (Phi) is 4.31. The van der Waals surface area contributed by atoms with Gasteiger partial charge in [0.25, 0.3) is 0 Å². The fraction of sp³-hybridized carbons (Fsp3) is 0.467. The van der Waals surface area contributed by atoms with Crippen LogP contribution in [0.4, 0.5) is 4.39 Å². The summed E-state index contributed by atoms with van der Waals surface area (Å²) in [6.45, 7) is 13.1. The van der Waals surface area contributed by atoms with E-state index >= 15 is 0 Å². The van der Waals surface area contributed by atoms with E-state index in [0.717, 1.165) is 11.1 Å². The van der Waals surface area contributed by atoms with Crippen molar-refractivity contribution in [2.45, 2.75) is 45.8 Å². The molecule has 1 aromatic carbocycles. The van der Waals surface area contributed by atoms with Gasteiger partial charge in [0.1, 0.15) is 5.82 Å². The summed E-state index contributed by atoms with van der Waals surface area (Å²) >= 11 is 0. The lowest BCUT2D eigenvalue weighted by Crippen LogP contribution is -2.34. The molecule has 0 aliphatic heterocycles. The Hall–Kier alpha value is -1.18. The highest BCUT2D eigenvalue weighted by Gasteiger charge is 2.35. The summed E-state index contributed by atoms with van der Waals surface area (Å²) in [5, 5.41) is 0.211. The molecule has 0 atom stereocenters. The first-order valence-electron chi connectivity index (χ1n) is 6.21. The van der Waals surface area contributed by atoms with Gasteiger partial charge in [0.15, 0.2) is 8.24 Å². The molecule has 18 heavy (non-hydrogen) atoms. The van der Waals surface area contributed by atoms with Crippen LogP contribution < -0.4 is 0 Å². The van der Waals surface area contributed by atoms with Gasteiger partial charge in [-0.3, -0.25) is 4.66 Å². The minimum absolute atomic E-state index is 0.211. The second kappa shape index (κ2) is 5.21. The van der Waals surface area contributed by atoms with E-state index in [4.69, 9.17) is 0 Å². The van der Waals surface area contributed by atoms with Crippen molar-refractivity contribution < 1.29 is 4.39 Å². The summed E-state index contributed by atoms with van der Waals surface area (Å²) in [5.74, 6) is 2.93. The minimum atomic E-state index is -1.69. The fourth-order valence-corrected chi connectivity index (χ4v) is 1.94. The summed E-state index contributed by atoms with van der Waals surface area (Å²) in [6, 6.07) is 6.46. The Morgan fingerprint density at radius 1 is 1.17 bits per heavy atom. The van der Waals surface area contributed by atoms with Crippen LogP contribution in [-0.2, 0) is 0 Å². The average molecular weight is 263 g/mol. The van der Waals surface area contributed by atoms with E-state index in [1.807, 2.05) is 6.92 Å². The molecule has 0 fully saturated rings. The van der Waals surface area contributed by atoms with Gasteiger partial charge in [-0.05, 0) is 48.6 Å². The molecule has 98 valence electrons. The third kappa shape index (κ3) is 3.66. The number of allylic oxidation sites excluding steroid dienone is 1. The lowest BCUT2D eigenvalue weighted by atomic mass is 10.1. The second-order valence-corrected chi connectivity index (χ2v) is 11.0. The molecule has 0 saturated heterocycles. The summed E-state index contributed by atoms with van der Waals surface area (Å²) in [7, 11) is -1.69. The van der Waals surface area contributed by atoms with E-state index in [-0.39, 0.29) is 10.9 Å². The van der Waals surface area contributed by atoms with Gasteiger partial charge in [-0.15, -0.1) is 0 Å². The van der Waals surface area contributed by atoms with Crippen LogP contribution in [0.2, 0.25) is 18.1 Å². The first-order chi connectivity index (χ1) is 8.13. The zero-order chi connectivity index (χ0) is 14.0. The molecule has 0 radical (unpaired) electrons. The average Bonchev–Trinajstić information content (AvgIpc) is 2.25. The van der Waals surface area contributed by atoms with Crippen molar-refractivity contribution in [1.82, 2.24) is 0 Å². The predicted molar refractivity (Wildman–Crippen MR) is 80.1 cm³/mol. The highest BCUT2D eigenvalue weighted by molar-refractivity contribution is 6.79. The molecule has 0 bridgehead atoms. The molecule has 0 unspecified atom stereocenters. The van der Waals surface area contributed by atoms with Crippen LogP contribution in [0.25, 0.3) is 5.57 Å². The van der Waals surface area contributed by atoms with Crippen LogP contribution in [0.5, 0.6) is 0 Å². The van der Waals surface area contributed by atoms with Crippen molar-refractivity contribution in [1.29, 1.82) is 0 Å². The highest BCUT2D eigenvalue weighted by atomic mass is 28.3. The molecule has 1 rings (SSSR count). The maximum Gasteiger partial charge on any atom is 0.193 e. The second-order valence-electron chi connectivity index (χ2n) is 6.16. The van der Waals surface area contributed by atoms with E-state index in [0.29, 0.717) is 0 Å². The molecule has 0 amide bonds. The van der Waals surface area contributed by atoms with E-state index in [1.165, 1.54) is 12.1 Å². The smallest absolute Gasteiger partial charge is 0.193 e. The van der Waals surface area contributed by atoms with Gasteiger partial charge in [-0.2, -0.15) is 0 Å². The van der Waals surface area contributed by atoms with E-state index in [1.54, 1.807) is 12.1 Å². The number of nitrogens with zero attached hydrogens (tertiary/aromatic N) is 1. The Morgan fingerprint density at radius 3 is 2.11 bits per heavy atom. The summed E-state index contributed by atoms with van der Waals surface area (Å²) < 4.78 is 17.5. The van der Waals surface area contributed by atoms with Crippen LogP contribution in [0.15, 0.2) is 28.9 Å². The molecule has 1 aromatic rings. The Morgan fingerprint density at radius 2 is 1.67 bits per heavy atom. The maximum atomic E-state index is 12.8. The zero-order valence-electron chi connectivity index (χ0n) is 12.1. The van der Waals surface area contributed by atoms with Crippen molar-refractivity contribution in [3.63, 3.8) is 0 Å². The Labute approximate surface area is 111 Å². The number of hydrogen-bond acceptors (Lipinski definition) is 1. The maximum absolute atomic E-state index is 12.8. The Balaban J connectivity index is 3.06. The predicted octanol–water partition coefficient (Wildman–Crippen LogP) is 4.90.